The molecule has 0 aliphatic heterocycles. The van der Waals surface area contributed by atoms with E-state index in [-0.39, 0.29) is 30.1 Å². The van der Waals surface area contributed by atoms with E-state index in [1.54, 1.807) is 0 Å². The first-order valence-corrected chi connectivity index (χ1v) is 27.3. The number of esters is 2. The molecule has 0 aliphatic carbocycles. The lowest BCUT2D eigenvalue weighted by molar-refractivity contribution is -0.151. The zero-order valence-electron chi connectivity index (χ0n) is 41.5. The second-order valence-corrected chi connectivity index (χ2v) is 18.9. The number of hydrogen-bond acceptors (Lipinski definition) is 6. The minimum Gasteiger partial charge on any atom is -0.462 e. The second kappa shape index (κ2) is 47.8. The van der Waals surface area contributed by atoms with Crippen molar-refractivity contribution in [3.8, 4) is 0 Å². The summed E-state index contributed by atoms with van der Waals surface area (Å²) >= 11 is 0. The van der Waals surface area contributed by atoms with Crippen molar-refractivity contribution in [1.29, 1.82) is 0 Å². The minimum absolute atomic E-state index is 0.00812. The monoisotopic (exact) mass is 863 g/mol. The molecule has 0 heterocycles. The molecule has 0 spiro atoms. The molecule has 0 fully saturated rings. The van der Waals surface area contributed by atoms with Gasteiger partial charge in [-0.1, -0.05) is 195 Å². The van der Waals surface area contributed by atoms with Gasteiger partial charge in [-0.15, -0.1) is 0 Å². The van der Waals surface area contributed by atoms with Crippen LogP contribution < -0.4 is 5.73 Å². The third-order valence-corrected chi connectivity index (χ3v) is 12.7. The third kappa shape index (κ3) is 44.8. The van der Waals surface area contributed by atoms with E-state index in [2.05, 4.69) is 32.6 Å². The van der Waals surface area contributed by atoms with Crippen molar-refractivity contribution in [2.75, 3.05) is 19.6 Å². The van der Waals surface area contributed by atoms with Crippen molar-refractivity contribution in [1.82, 2.24) is 4.90 Å². The first-order chi connectivity index (χ1) is 29.9. The molecule has 0 radical (unpaired) electrons. The number of carbonyl (C=O) groups excluding carboxylic acids is 3. The molecule has 362 valence electrons. The average Bonchev–Trinajstić information content (AvgIpc) is 3.24. The Balaban J connectivity index is 4.44. The van der Waals surface area contributed by atoms with Crippen molar-refractivity contribution in [2.24, 2.45) is 5.73 Å². The SMILES string of the molecule is CCCCCCCCC(CCCCCCCC)OC(=O)CCCCCCCN(CCCCCCCC(=O)OC(CCCCCCCC)CCCCCCCC)CCCC(N)=O. The topological polar surface area (TPSA) is 98.9 Å². The van der Waals surface area contributed by atoms with Crippen LogP contribution in [0.3, 0.4) is 0 Å². The number of rotatable bonds is 50. The van der Waals surface area contributed by atoms with Crippen LogP contribution >= 0.6 is 0 Å². The molecule has 0 saturated heterocycles. The summed E-state index contributed by atoms with van der Waals surface area (Å²) in [5, 5.41) is 0. The van der Waals surface area contributed by atoms with Gasteiger partial charge in [0.1, 0.15) is 12.2 Å². The lowest BCUT2D eigenvalue weighted by atomic mass is 10.0. The van der Waals surface area contributed by atoms with Crippen molar-refractivity contribution in [2.45, 2.75) is 310 Å². The van der Waals surface area contributed by atoms with Crippen LogP contribution in [0.1, 0.15) is 297 Å². The highest BCUT2D eigenvalue weighted by Crippen LogP contribution is 2.20. The van der Waals surface area contributed by atoms with Gasteiger partial charge in [0.15, 0.2) is 0 Å². The van der Waals surface area contributed by atoms with Gasteiger partial charge in [-0.25, -0.2) is 0 Å². The summed E-state index contributed by atoms with van der Waals surface area (Å²) in [5.41, 5.74) is 5.45. The summed E-state index contributed by atoms with van der Waals surface area (Å²) < 4.78 is 12.1. The van der Waals surface area contributed by atoms with Gasteiger partial charge in [-0.05, 0) is 103 Å². The highest BCUT2D eigenvalue weighted by Gasteiger charge is 2.16. The Kier molecular flexibility index (Phi) is 46.6. The second-order valence-electron chi connectivity index (χ2n) is 18.9. The van der Waals surface area contributed by atoms with Crippen LogP contribution in [0.5, 0.6) is 0 Å². The Hall–Kier alpha value is -1.63. The molecule has 0 saturated carbocycles. The van der Waals surface area contributed by atoms with Crippen LogP contribution in [-0.2, 0) is 23.9 Å². The Morgan fingerprint density at radius 2 is 0.607 bits per heavy atom. The van der Waals surface area contributed by atoms with Gasteiger partial charge in [0.25, 0.3) is 0 Å². The molecule has 0 atom stereocenters. The standard InChI is InChI=1S/C54H106N2O5/c1-5-9-13-17-23-31-40-50(41-32-24-18-14-10-6-2)60-53(58)45-35-27-21-29-37-47-56(49-39-44-52(55)57)48-38-30-22-28-36-46-54(59)61-51(42-33-25-19-15-11-7-3)43-34-26-20-16-12-8-4/h50-51H,5-49H2,1-4H3,(H2,55,57). The number of unbranched alkanes of at least 4 members (excludes halogenated alkanes) is 28. The molecule has 0 aromatic heterocycles. The maximum absolute atomic E-state index is 12.8. The highest BCUT2D eigenvalue weighted by atomic mass is 16.5. The summed E-state index contributed by atoms with van der Waals surface area (Å²) in [6.45, 7) is 12.1. The molecular weight excluding hydrogens is 757 g/mol. The molecule has 1 amide bonds. The number of nitrogens with zero attached hydrogens (tertiary/aromatic N) is 1. The Bertz CT molecular complexity index is 848. The Morgan fingerprint density at radius 3 is 0.918 bits per heavy atom. The van der Waals surface area contributed by atoms with Crippen LogP contribution in [-0.4, -0.2) is 54.6 Å². The van der Waals surface area contributed by atoms with Crippen LogP contribution in [0, 0.1) is 0 Å². The number of ether oxygens (including phenoxy) is 2. The predicted octanol–water partition coefficient (Wildman–Crippen LogP) is 16.1. The molecule has 0 unspecified atom stereocenters. The van der Waals surface area contributed by atoms with Gasteiger partial charge in [0.05, 0.1) is 0 Å². The fourth-order valence-corrected chi connectivity index (χ4v) is 8.71. The molecule has 0 rings (SSSR count). The maximum atomic E-state index is 12.8. The lowest BCUT2D eigenvalue weighted by Gasteiger charge is -2.22. The summed E-state index contributed by atoms with van der Waals surface area (Å²) in [5.74, 6) is -0.202. The normalized spacial score (nSPS) is 11.7. The molecule has 7 heteroatoms. The fourth-order valence-electron chi connectivity index (χ4n) is 8.71. The maximum Gasteiger partial charge on any atom is 0.306 e. The van der Waals surface area contributed by atoms with E-state index in [9.17, 15) is 14.4 Å². The highest BCUT2D eigenvalue weighted by molar-refractivity contribution is 5.73. The van der Waals surface area contributed by atoms with E-state index in [4.69, 9.17) is 15.2 Å². The quantitative estimate of drug-likeness (QED) is 0.0483. The largest absolute Gasteiger partial charge is 0.462 e. The van der Waals surface area contributed by atoms with Crippen molar-refractivity contribution in [3.63, 3.8) is 0 Å². The van der Waals surface area contributed by atoms with Gasteiger partial charge >= 0.3 is 11.9 Å². The fraction of sp³-hybridized carbons (Fsp3) is 0.944. The minimum atomic E-state index is -0.218. The summed E-state index contributed by atoms with van der Waals surface area (Å²) in [4.78, 5) is 39.6. The zero-order valence-corrected chi connectivity index (χ0v) is 41.5. The van der Waals surface area contributed by atoms with E-state index < -0.39 is 0 Å². The third-order valence-electron chi connectivity index (χ3n) is 12.7. The molecule has 0 aromatic carbocycles. The van der Waals surface area contributed by atoms with Crippen LogP contribution in [0.25, 0.3) is 0 Å². The smallest absolute Gasteiger partial charge is 0.306 e. The molecule has 0 bridgehead atoms. The van der Waals surface area contributed by atoms with E-state index in [1.165, 1.54) is 154 Å². The van der Waals surface area contributed by atoms with Gasteiger partial charge in [0, 0.05) is 19.3 Å². The lowest BCUT2D eigenvalue weighted by Crippen LogP contribution is -2.28. The van der Waals surface area contributed by atoms with Crippen LogP contribution in [0.15, 0.2) is 0 Å². The summed E-state index contributed by atoms with van der Waals surface area (Å²) in [6.07, 6.45) is 48.2. The summed E-state index contributed by atoms with van der Waals surface area (Å²) in [7, 11) is 0. The molecule has 2 N–H and O–H groups in total. The molecular formula is C54H106N2O5. The van der Waals surface area contributed by atoms with Gasteiger partial charge in [0.2, 0.25) is 5.91 Å². The first kappa shape index (κ1) is 59.4. The Morgan fingerprint density at radius 1 is 0.344 bits per heavy atom. The van der Waals surface area contributed by atoms with Crippen molar-refractivity contribution >= 4 is 17.8 Å². The predicted molar refractivity (Wildman–Crippen MR) is 262 cm³/mol. The van der Waals surface area contributed by atoms with E-state index >= 15 is 0 Å². The van der Waals surface area contributed by atoms with Crippen LogP contribution in [0.2, 0.25) is 0 Å². The molecule has 0 aliphatic rings. The van der Waals surface area contributed by atoms with Crippen molar-refractivity contribution in [3.05, 3.63) is 0 Å². The number of carbonyl (C=O) groups is 3. The number of hydrogen-bond donors (Lipinski definition) is 1. The average molecular weight is 863 g/mol. The summed E-state index contributed by atoms with van der Waals surface area (Å²) in [6, 6.07) is 0. The van der Waals surface area contributed by atoms with Crippen LogP contribution in [0.4, 0.5) is 0 Å². The molecule has 0 aromatic rings. The number of amides is 1. The Labute approximate surface area is 380 Å². The van der Waals surface area contributed by atoms with E-state index in [1.807, 2.05) is 0 Å². The van der Waals surface area contributed by atoms with Gasteiger partial charge in [-0.3, -0.25) is 14.4 Å². The molecule has 7 nitrogen and oxygen atoms in total. The molecule has 61 heavy (non-hydrogen) atoms. The van der Waals surface area contributed by atoms with Gasteiger partial charge in [-0.2, -0.15) is 0 Å². The number of nitrogens with two attached hydrogens (primary N) is 1. The number of primary amides is 1. The van der Waals surface area contributed by atoms with Gasteiger partial charge < -0.3 is 20.1 Å². The zero-order chi connectivity index (χ0) is 44.7. The van der Waals surface area contributed by atoms with E-state index in [0.717, 1.165) is 116 Å². The van der Waals surface area contributed by atoms with Crippen molar-refractivity contribution < 1.29 is 23.9 Å². The first-order valence-electron chi connectivity index (χ1n) is 27.3. The van der Waals surface area contributed by atoms with E-state index in [0.29, 0.717) is 19.3 Å².